The van der Waals surface area contributed by atoms with Gasteiger partial charge in [0.2, 0.25) is 10.0 Å². The van der Waals surface area contributed by atoms with E-state index in [1.807, 2.05) is 0 Å². The molecule has 174 valence electrons. The number of amides is 1. The van der Waals surface area contributed by atoms with Gasteiger partial charge in [0.25, 0.3) is 5.91 Å². The van der Waals surface area contributed by atoms with Crippen molar-refractivity contribution >= 4 is 31.7 Å². The third-order valence-corrected chi connectivity index (χ3v) is 8.18. The summed E-state index contributed by atoms with van der Waals surface area (Å²) in [6.07, 6.45) is 1.77. The summed E-state index contributed by atoms with van der Waals surface area (Å²) >= 11 is 0. The molecule has 2 aromatic rings. The van der Waals surface area contributed by atoms with E-state index in [9.17, 15) is 26.4 Å². The van der Waals surface area contributed by atoms with Crippen molar-refractivity contribution < 1.29 is 35.6 Å². The smallest absolute Gasteiger partial charge is 0.338 e. The van der Waals surface area contributed by atoms with E-state index in [1.165, 1.54) is 29.4 Å². The van der Waals surface area contributed by atoms with Crippen molar-refractivity contribution in [2.45, 2.75) is 30.8 Å². The number of furan rings is 1. The predicted molar refractivity (Wildman–Crippen MR) is 114 cm³/mol. The van der Waals surface area contributed by atoms with Crippen LogP contribution >= 0.6 is 0 Å². The number of sulfone groups is 1. The highest BCUT2D eigenvalue weighted by atomic mass is 32.2. The van der Waals surface area contributed by atoms with E-state index in [0.717, 1.165) is 6.07 Å². The first kappa shape index (κ1) is 24.0. The van der Waals surface area contributed by atoms with Gasteiger partial charge in [-0.05, 0) is 43.7 Å². The van der Waals surface area contributed by atoms with Gasteiger partial charge < -0.3 is 14.1 Å². The van der Waals surface area contributed by atoms with E-state index in [-0.39, 0.29) is 35.1 Å². The number of carbonyl (C=O) groups excluding carboxylic acids is 2. The molecule has 1 aliphatic rings. The summed E-state index contributed by atoms with van der Waals surface area (Å²) in [6, 6.07) is 8.05. The summed E-state index contributed by atoms with van der Waals surface area (Å²) in [5.41, 5.74) is -0.0369. The minimum absolute atomic E-state index is 0.0243. The third kappa shape index (κ3) is 5.96. The Labute approximate surface area is 186 Å². The Balaban J connectivity index is 1.61. The first-order chi connectivity index (χ1) is 15.1. The lowest BCUT2D eigenvalue weighted by atomic mass is 10.2. The average Bonchev–Trinajstić information content (AvgIpc) is 3.40. The summed E-state index contributed by atoms with van der Waals surface area (Å²) < 4.78 is 60.8. The lowest BCUT2D eigenvalue weighted by molar-refractivity contribution is -0.136. The predicted octanol–water partition coefficient (Wildman–Crippen LogP) is 0.951. The molecule has 0 radical (unpaired) electrons. The van der Waals surface area contributed by atoms with Crippen LogP contribution in [0.1, 0.15) is 29.5 Å². The molecule has 0 saturated carbocycles. The Hall–Kier alpha value is -2.70. The fraction of sp³-hybridized carbons (Fsp3) is 0.400. The molecule has 1 aromatic carbocycles. The van der Waals surface area contributed by atoms with Crippen molar-refractivity contribution in [2.75, 3.05) is 24.7 Å². The molecule has 32 heavy (non-hydrogen) atoms. The number of sulfonamides is 1. The van der Waals surface area contributed by atoms with E-state index < -0.39 is 44.4 Å². The van der Waals surface area contributed by atoms with Crippen LogP contribution in [0, 0.1) is 0 Å². The topological polar surface area (TPSA) is 140 Å². The van der Waals surface area contributed by atoms with Gasteiger partial charge in [0, 0.05) is 12.6 Å². The number of carbonyl (C=O) groups is 2. The summed E-state index contributed by atoms with van der Waals surface area (Å²) in [5.74, 6) is -1.02. The number of nitrogens with one attached hydrogen (secondary N) is 1. The number of esters is 1. The van der Waals surface area contributed by atoms with Crippen LogP contribution < -0.4 is 4.72 Å². The molecule has 1 unspecified atom stereocenters. The molecule has 1 saturated heterocycles. The van der Waals surface area contributed by atoms with E-state index in [0.29, 0.717) is 12.2 Å². The summed E-state index contributed by atoms with van der Waals surface area (Å²) in [7, 11) is -7.08. The zero-order chi connectivity index (χ0) is 23.4. The Morgan fingerprint density at radius 1 is 1.25 bits per heavy atom. The van der Waals surface area contributed by atoms with Crippen LogP contribution in [0.15, 0.2) is 52.0 Å². The third-order valence-electron chi connectivity index (χ3n) is 5.03. The van der Waals surface area contributed by atoms with Gasteiger partial charge in [-0.1, -0.05) is 6.07 Å². The molecular weight excluding hydrogens is 460 g/mol. The first-order valence-electron chi connectivity index (χ1n) is 9.90. The van der Waals surface area contributed by atoms with Crippen molar-refractivity contribution in [1.82, 2.24) is 9.62 Å². The molecule has 1 aromatic heterocycles. The van der Waals surface area contributed by atoms with Crippen molar-refractivity contribution in [3.63, 3.8) is 0 Å². The van der Waals surface area contributed by atoms with Crippen LogP contribution in [0.5, 0.6) is 0 Å². The molecule has 1 aliphatic heterocycles. The Kier molecular flexibility index (Phi) is 7.36. The number of likely N-dealkylation sites (N-methyl/N-ethyl adjacent to an activating group) is 1. The van der Waals surface area contributed by atoms with Gasteiger partial charge in [0.1, 0.15) is 5.76 Å². The highest BCUT2D eigenvalue weighted by Crippen LogP contribution is 2.18. The number of rotatable bonds is 9. The monoisotopic (exact) mass is 484 g/mol. The fourth-order valence-corrected chi connectivity index (χ4v) is 6.18. The van der Waals surface area contributed by atoms with E-state index in [4.69, 9.17) is 9.15 Å². The molecule has 12 heteroatoms. The Morgan fingerprint density at radius 2 is 2.03 bits per heavy atom. The quantitative estimate of drug-likeness (QED) is 0.519. The molecule has 1 N–H and O–H groups in total. The molecule has 1 amide bonds. The number of benzene rings is 1. The van der Waals surface area contributed by atoms with Gasteiger partial charge in [-0.2, -0.15) is 0 Å². The second-order valence-electron chi connectivity index (χ2n) is 7.24. The number of ether oxygens (including phenoxy) is 1. The summed E-state index contributed by atoms with van der Waals surface area (Å²) in [5, 5.41) is 0. The van der Waals surface area contributed by atoms with Crippen molar-refractivity contribution in [3.05, 3.63) is 54.0 Å². The molecule has 10 nitrogen and oxygen atoms in total. The summed E-state index contributed by atoms with van der Waals surface area (Å²) in [4.78, 5) is 26.1. The maximum Gasteiger partial charge on any atom is 0.338 e. The highest BCUT2D eigenvalue weighted by Gasteiger charge is 2.34. The van der Waals surface area contributed by atoms with E-state index >= 15 is 0 Å². The van der Waals surface area contributed by atoms with Gasteiger partial charge in [0.05, 0.1) is 34.8 Å². The zero-order valence-electron chi connectivity index (χ0n) is 17.4. The van der Waals surface area contributed by atoms with Crippen LogP contribution in [-0.4, -0.2) is 64.3 Å². The Bertz CT molecular complexity index is 1170. The van der Waals surface area contributed by atoms with Gasteiger partial charge in [-0.25, -0.2) is 26.4 Å². The standard InChI is InChI=1S/C20H24N2O8S2/c1-2-22(16-8-10-31(25,26)14-16)19(23)13-30-20(24)15-5-3-7-18(11-15)32(27,28)21-12-17-6-4-9-29-17/h3-7,9,11,16,21H,2,8,10,12-14H2,1H3. The molecule has 0 aliphatic carbocycles. The first-order valence-corrected chi connectivity index (χ1v) is 13.2. The van der Waals surface area contributed by atoms with Crippen molar-refractivity contribution in [2.24, 2.45) is 0 Å². The minimum Gasteiger partial charge on any atom is -0.468 e. The van der Waals surface area contributed by atoms with Crippen LogP contribution in [0.4, 0.5) is 0 Å². The maximum absolute atomic E-state index is 12.5. The molecular formula is C20H24N2O8S2. The van der Waals surface area contributed by atoms with Crippen molar-refractivity contribution in [1.29, 1.82) is 0 Å². The number of nitrogens with zero attached hydrogens (tertiary/aromatic N) is 1. The lowest BCUT2D eigenvalue weighted by Gasteiger charge is -2.26. The van der Waals surface area contributed by atoms with Crippen LogP contribution in [0.2, 0.25) is 0 Å². The van der Waals surface area contributed by atoms with E-state index in [2.05, 4.69) is 4.72 Å². The van der Waals surface area contributed by atoms with E-state index in [1.54, 1.807) is 19.1 Å². The van der Waals surface area contributed by atoms with Crippen LogP contribution in [0.3, 0.4) is 0 Å². The lowest BCUT2D eigenvalue weighted by Crippen LogP contribution is -2.43. The highest BCUT2D eigenvalue weighted by molar-refractivity contribution is 7.91. The molecule has 0 bridgehead atoms. The molecule has 0 spiro atoms. The van der Waals surface area contributed by atoms with Crippen molar-refractivity contribution in [3.8, 4) is 0 Å². The molecule has 3 rings (SSSR count). The van der Waals surface area contributed by atoms with Crippen LogP contribution in [0.25, 0.3) is 0 Å². The largest absolute Gasteiger partial charge is 0.468 e. The molecule has 1 atom stereocenters. The second-order valence-corrected chi connectivity index (χ2v) is 11.2. The fourth-order valence-electron chi connectivity index (χ4n) is 3.41. The zero-order valence-corrected chi connectivity index (χ0v) is 19.0. The maximum atomic E-state index is 12.5. The second kappa shape index (κ2) is 9.84. The van der Waals surface area contributed by atoms with Gasteiger partial charge in [-0.3, -0.25) is 4.79 Å². The molecule has 2 heterocycles. The number of hydrogen-bond acceptors (Lipinski definition) is 8. The van der Waals surface area contributed by atoms with Gasteiger partial charge in [0.15, 0.2) is 16.4 Å². The van der Waals surface area contributed by atoms with Crippen LogP contribution in [-0.2, 0) is 35.9 Å². The number of hydrogen-bond donors (Lipinski definition) is 1. The minimum atomic E-state index is -3.91. The Morgan fingerprint density at radius 3 is 2.66 bits per heavy atom. The molecule has 1 fully saturated rings. The average molecular weight is 485 g/mol. The van der Waals surface area contributed by atoms with Gasteiger partial charge in [-0.15, -0.1) is 0 Å². The SMILES string of the molecule is CCN(C(=O)COC(=O)c1cccc(S(=O)(=O)NCc2ccco2)c1)C1CCS(=O)(=O)C1. The normalized spacial score (nSPS) is 17.7. The summed E-state index contributed by atoms with van der Waals surface area (Å²) in [6.45, 7) is 1.37. The van der Waals surface area contributed by atoms with Gasteiger partial charge >= 0.3 is 5.97 Å².